The maximum absolute atomic E-state index is 13.2. The average Bonchev–Trinajstić information content (AvgIpc) is 2.92. The summed E-state index contributed by atoms with van der Waals surface area (Å²) < 4.78 is 23.6. The third-order valence-electron chi connectivity index (χ3n) is 5.43. The number of carbonyl (C=O) groups excluding carboxylic acids is 1. The second kappa shape index (κ2) is 8.31. The predicted octanol–water partition coefficient (Wildman–Crippen LogP) is 2.82. The number of hydrogen-bond acceptors (Lipinski definition) is 6. The highest BCUT2D eigenvalue weighted by Gasteiger charge is 2.33. The van der Waals surface area contributed by atoms with Crippen LogP contribution in [0.2, 0.25) is 0 Å². The number of carbonyl (C=O) groups is 1. The van der Waals surface area contributed by atoms with Crippen molar-refractivity contribution in [1.29, 1.82) is 0 Å². The molecule has 1 N–H and O–H groups in total. The van der Waals surface area contributed by atoms with Gasteiger partial charge in [-0.15, -0.1) is 11.3 Å². The van der Waals surface area contributed by atoms with Gasteiger partial charge in [0, 0.05) is 18.0 Å². The van der Waals surface area contributed by atoms with Gasteiger partial charge in [0.05, 0.1) is 17.2 Å². The first-order valence-corrected chi connectivity index (χ1v) is 12.4. The molecule has 150 valence electrons. The summed E-state index contributed by atoms with van der Waals surface area (Å²) in [4.78, 5) is 21.1. The predicted molar refractivity (Wildman–Crippen MR) is 111 cm³/mol. The molecule has 1 aliphatic heterocycles. The molecule has 1 unspecified atom stereocenters. The SMILES string of the molecule is O=C(Nc1nc2c(s1)CCCCC2)C(c1ccccc1)N1CCS(=O)(=O)CC1. The Bertz CT molecular complexity index is 903. The zero-order valence-electron chi connectivity index (χ0n) is 15.8. The molecule has 1 aromatic carbocycles. The normalized spacial score (nSPS) is 20.7. The summed E-state index contributed by atoms with van der Waals surface area (Å²) in [6.07, 6.45) is 5.58. The Morgan fingerprint density at radius 3 is 2.54 bits per heavy atom. The molecule has 6 nitrogen and oxygen atoms in total. The maximum atomic E-state index is 13.2. The molecule has 1 saturated heterocycles. The molecule has 2 heterocycles. The molecule has 4 rings (SSSR count). The molecule has 1 aliphatic carbocycles. The fraction of sp³-hybridized carbons (Fsp3) is 0.500. The number of nitrogens with zero attached hydrogens (tertiary/aromatic N) is 2. The van der Waals surface area contributed by atoms with Gasteiger partial charge in [0.1, 0.15) is 6.04 Å². The number of nitrogens with one attached hydrogen (secondary N) is 1. The van der Waals surface area contributed by atoms with Gasteiger partial charge in [0.15, 0.2) is 15.0 Å². The van der Waals surface area contributed by atoms with E-state index in [-0.39, 0.29) is 17.4 Å². The molecule has 1 aromatic heterocycles. The van der Waals surface area contributed by atoms with Gasteiger partial charge >= 0.3 is 0 Å². The lowest BCUT2D eigenvalue weighted by Crippen LogP contribution is -2.46. The van der Waals surface area contributed by atoms with Crippen LogP contribution in [0.15, 0.2) is 30.3 Å². The van der Waals surface area contributed by atoms with Crippen molar-refractivity contribution < 1.29 is 13.2 Å². The van der Waals surface area contributed by atoms with Crippen LogP contribution in [0.3, 0.4) is 0 Å². The Kier molecular flexibility index (Phi) is 5.80. The van der Waals surface area contributed by atoms with E-state index in [1.54, 1.807) is 11.3 Å². The molecule has 2 aliphatic rings. The number of anilines is 1. The van der Waals surface area contributed by atoms with E-state index in [2.05, 4.69) is 10.3 Å². The summed E-state index contributed by atoms with van der Waals surface area (Å²) >= 11 is 1.58. The van der Waals surface area contributed by atoms with Gasteiger partial charge in [-0.1, -0.05) is 36.8 Å². The van der Waals surface area contributed by atoms with Crippen molar-refractivity contribution in [3.8, 4) is 0 Å². The van der Waals surface area contributed by atoms with Crippen molar-refractivity contribution in [3.05, 3.63) is 46.5 Å². The van der Waals surface area contributed by atoms with E-state index in [0.29, 0.717) is 18.2 Å². The van der Waals surface area contributed by atoms with E-state index >= 15 is 0 Å². The zero-order chi connectivity index (χ0) is 19.6. The number of sulfone groups is 1. The van der Waals surface area contributed by atoms with Crippen molar-refractivity contribution in [2.24, 2.45) is 0 Å². The first-order valence-electron chi connectivity index (χ1n) is 9.81. The van der Waals surface area contributed by atoms with Crippen LogP contribution in [0, 0.1) is 0 Å². The number of benzene rings is 1. The van der Waals surface area contributed by atoms with Crippen LogP contribution in [0.5, 0.6) is 0 Å². The minimum absolute atomic E-state index is 0.0924. The summed E-state index contributed by atoms with van der Waals surface area (Å²) in [7, 11) is -3.01. The second-order valence-corrected chi connectivity index (χ2v) is 10.8. The van der Waals surface area contributed by atoms with Gasteiger partial charge in [-0.2, -0.15) is 0 Å². The van der Waals surface area contributed by atoms with Crippen LogP contribution in [-0.4, -0.2) is 48.8 Å². The molecule has 1 atom stereocenters. The highest BCUT2D eigenvalue weighted by atomic mass is 32.2. The van der Waals surface area contributed by atoms with Gasteiger partial charge in [-0.05, 0) is 31.2 Å². The largest absolute Gasteiger partial charge is 0.300 e. The molecule has 1 fully saturated rings. The number of fused-ring (bicyclic) bond motifs is 1. The third-order valence-corrected chi connectivity index (χ3v) is 8.12. The van der Waals surface area contributed by atoms with Crippen LogP contribution in [0.25, 0.3) is 0 Å². The lowest BCUT2D eigenvalue weighted by atomic mass is 10.0. The van der Waals surface area contributed by atoms with Crippen molar-refractivity contribution in [2.75, 3.05) is 29.9 Å². The highest BCUT2D eigenvalue weighted by molar-refractivity contribution is 7.91. The Hall–Kier alpha value is -1.77. The van der Waals surface area contributed by atoms with Gasteiger partial charge < -0.3 is 5.32 Å². The smallest absolute Gasteiger partial charge is 0.248 e. The molecule has 0 spiro atoms. The first kappa shape index (κ1) is 19.5. The number of hydrogen-bond donors (Lipinski definition) is 1. The molecular weight excluding hydrogens is 394 g/mol. The number of aryl methyl sites for hydroxylation is 2. The van der Waals surface area contributed by atoms with E-state index in [0.717, 1.165) is 30.5 Å². The monoisotopic (exact) mass is 419 g/mol. The Morgan fingerprint density at radius 2 is 1.79 bits per heavy atom. The van der Waals surface area contributed by atoms with E-state index in [9.17, 15) is 13.2 Å². The molecule has 0 saturated carbocycles. The topological polar surface area (TPSA) is 79.4 Å². The first-order chi connectivity index (χ1) is 13.5. The molecule has 28 heavy (non-hydrogen) atoms. The summed E-state index contributed by atoms with van der Waals surface area (Å²) in [6.45, 7) is 0.730. The lowest BCUT2D eigenvalue weighted by Gasteiger charge is -2.33. The van der Waals surface area contributed by atoms with Crippen molar-refractivity contribution in [3.63, 3.8) is 0 Å². The number of thiazole rings is 1. The third kappa shape index (κ3) is 4.45. The van der Waals surface area contributed by atoms with Gasteiger partial charge in [0.2, 0.25) is 5.91 Å². The second-order valence-electron chi connectivity index (χ2n) is 7.44. The van der Waals surface area contributed by atoms with E-state index in [4.69, 9.17) is 0 Å². The van der Waals surface area contributed by atoms with E-state index in [1.165, 1.54) is 17.7 Å². The van der Waals surface area contributed by atoms with Crippen LogP contribution >= 0.6 is 11.3 Å². The van der Waals surface area contributed by atoms with Crippen molar-refractivity contribution in [1.82, 2.24) is 9.88 Å². The minimum atomic E-state index is -3.01. The quantitative estimate of drug-likeness (QED) is 0.771. The molecule has 1 amide bonds. The molecular formula is C20H25N3O3S2. The fourth-order valence-corrected chi connectivity index (χ4v) is 6.19. The number of aromatic nitrogens is 1. The van der Waals surface area contributed by atoms with E-state index < -0.39 is 15.9 Å². The standard InChI is InChI=1S/C20H25N3O3S2/c24-19(22-20-21-16-9-5-2-6-10-17(16)27-20)18(15-7-3-1-4-8-15)23-11-13-28(25,26)14-12-23/h1,3-4,7-8,18H,2,5-6,9-14H2,(H,21,22,24). The van der Waals surface area contributed by atoms with Gasteiger partial charge in [-0.25, -0.2) is 13.4 Å². The van der Waals surface area contributed by atoms with Crippen molar-refractivity contribution in [2.45, 2.75) is 38.1 Å². The van der Waals surface area contributed by atoms with Gasteiger partial charge in [0.25, 0.3) is 0 Å². The van der Waals surface area contributed by atoms with Crippen LogP contribution in [0.4, 0.5) is 5.13 Å². The Morgan fingerprint density at radius 1 is 1.07 bits per heavy atom. The molecule has 2 aromatic rings. The molecule has 0 bridgehead atoms. The summed E-state index contributed by atoms with van der Waals surface area (Å²) in [5.74, 6) is 0.0408. The average molecular weight is 420 g/mol. The Balaban J connectivity index is 1.55. The molecule has 0 radical (unpaired) electrons. The zero-order valence-corrected chi connectivity index (χ0v) is 17.4. The Labute approximate surface area is 169 Å². The van der Waals surface area contributed by atoms with Crippen LogP contribution < -0.4 is 5.32 Å². The number of amides is 1. The lowest BCUT2D eigenvalue weighted by molar-refractivity contribution is -0.121. The van der Waals surface area contributed by atoms with Crippen LogP contribution in [0.1, 0.15) is 41.4 Å². The van der Waals surface area contributed by atoms with Crippen molar-refractivity contribution >= 4 is 32.2 Å². The summed E-state index contributed by atoms with van der Waals surface area (Å²) in [5, 5.41) is 3.67. The maximum Gasteiger partial charge on any atom is 0.248 e. The highest BCUT2D eigenvalue weighted by Crippen LogP contribution is 2.31. The van der Waals surface area contributed by atoms with Crippen LogP contribution in [-0.2, 0) is 27.5 Å². The number of rotatable bonds is 4. The molecule has 8 heteroatoms. The summed E-state index contributed by atoms with van der Waals surface area (Å²) in [5.41, 5.74) is 2.00. The minimum Gasteiger partial charge on any atom is -0.300 e. The van der Waals surface area contributed by atoms with Gasteiger partial charge in [-0.3, -0.25) is 9.69 Å². The van der Waals surface area contributed by atoms with E-state index in [1.807, 2.05) is 35.2 Å². The summed E-state index contributed by atoms with van der Waals surface area (Å²) in [6, 6.07) is 9.05. The fourth-order valence-electron chi connectivity index (χ4n) is 3.90.